The Morgan fingerprint density at radius 2 is 1.65 bits per heavy atom. The van der Waals surface area contributed by atoms with E-state index >= 15 is 0 Å². The summed E-state index contributed by atoms with van der Waals surface area (Å²) in [7, 11) is 0. The zero-order valence-electron chi connectivity index (χ0n) is 13.2. The summed E-state index contributed by atoms with van der Waals surface area (Å²) in [5, 5.41) is 0.910. The van der Waals surface area contributed by atoms with E-state index in [2.05, 4.69) is 0 Å². The average Bonchev–Trinajstić information content (AvgIpc) is 2.51. The van der Waals surface area contributed by atoms with Crippen molar-refractivity contribution >= 4 is 11.0 Å². The van der Waals surface area contributed by atoms with Gasteiger partial charge in [-0.05, 0) is 49.2 Å². The Kier molecular flexibility index (Phi) is 4.33. The molecule has 3 rings (SSSR count). The minimum atomic E-state index is -0.352. The highest BCUT2D eigenvalue weighted by atomic mass is 16.5. The summed E-state index contributed by atoms with van der Waals surface area (Å²) in [6, 6.07) is 14.8. The lowest BCUT2D eigenvalue weighted by Gasteiger charge is -2.09. The van der Waals surface area contributed by atoms with Crippen LogP contribution in [0.15, 0.2) is 57.7 Å². The first-order valence-electron chi connectivity index (χ1n) is 7.48. The minimum absolute atomic E-state index is 0.352. The number of ether oxygens (including phenoxy) is 2. The molecule has 0 radical (unpaired) electrons. The molecule has 1 aromatic heterocycles. The second-order valence-corrected chi connectivity index (χ2v) is 5.42. The SMILES string of the molecule is Cc1cccc(OCCOc2ccc3c(C)cc(=O)oc3c2)c1. The summed E-state index contributed by atoms with van der Waals surface area (Å²) in [5.41, 5.74) is 2.23. The van der Waals surface area contributed by atoms with Gasteiger partial charge in [-0.25, -0.2) is 4.79 Å². The maximum Gasteiger partial charge on any atom is 0.336 e. The van der Waals surface area contributed by atoms with Gasteiger partial charge in [-0.2, -0.15) is 0 Å². The third-order valence-electron chi connectivity index (χ3n) is 3.53. The molecule has 3 aromatic rings. The van der Waals surface area contributed by atoms with Crippen molar-refractivity contribution in [2.24, 2.45) is 0 Å². The second kappa shape index (κ2) is 6.57. The zero-order valence-corrected chi connectivity index (χ0v) is 13.2. The largest absolute Gasteiger partial charge is 0.490 e. The normalized spacial score (nSPS) is 10.7. The average molecular weight is 310 g/mol. The fourth-order valence-electron chi connectivity index (χ4n) is 2.42. The van der Waals surface area contributed by atoms with Gasteiger partial charge >= 0.3 is 5.63 Å². The van der Waals surface area contributed by atoms with Crippen LogP contribution in [0.5, 0.6) is 11.5 Å². The van der Waals surface area contributed by atoms with Gasteiger partial charge in [0.2, 0.25) is 0 Å². The first-order chi connectivity index (χ1) is 11.1. The van der Waals surface area contributed by atoms with Gasteiger partial charge in [0.05, 0.1) is 0 Å². The topological polar surface area (TPSA) is 48.7 Å². The standard InChI is InChI=1S/C19H18O4/c1-13-4-3-5-15(10-13)21-8-9-22-16-6-7-17-14(2)11-19(20)23-18(17)12-16/h3-7,10-12H,8-9H2,1-2H3. The van der Waals surface area contributed by atoms with Crippen LogP contribution in [0.1, 0.15) is 11.1 Å². The summed E-state index contributed by atoms with van der Waals surface area (Å²) >= 11 is 0. The summed E-state index contributed by atoms with van der Waals surface area (Å²) in [5.74, 6) is 1.48. The number of benzene rings is 2. The molecular weight excluding hydrogens is 292 g/mol. The molecule has 118 valence electrons. The molecule has 0 bridgehead atoms. The molecule has 1 heterocycles. The summed E-state index contributed by atoms with van der Waals surface area (Å²) < 4.78 is 16.5. The number of rotatable bonds is 5. The molecule has 4 nitrogen and oxygen atoms in total. The highest BCUT2D eigenvalue weighted by Crippen LogP contribution is 2.22. The third kappa shape index (κ3) is 3.72. The quantitative estimate of drug-likeness (QED) is 0.530. The number of hydrogen-bond acceptors (Lipinski definition) is 4. The Hall–Kier alpha value is -2.75. The first kappa shape index (κ1) is 15.2. The van der Waals surface area contributed by atoms with Crippen LogP contribution in [-0.2, 0) is 0 Å². The lowest BCUT2D eigenvalue weighted by Crippen LogP contribution is -2.09. The molecule has 0 atom stereocenters. The Morgan fingerprint density at radius 1 is 0.913 bits per heavy atom. The molecule has 0 spiro atoms. The highest BCUT2D eigenvalue weighted by Gasteiger charge is 2.04. The Labute approximate surface area is 134 Å². The Bertz CT molecular complexity index is 880. The van der Waals surface area contributed by atoms with Crippen molar-refractivity contribution in [3.8, 4) is 11.5 Å². The van der Waals surface area contributed by atoms with Gasteiger partial charge in [-0.15, -0.1) is 0 Å². The first-order valence-corrected chi connectivity index (χ1v) is 7.48. The molecule has 0 saturated carbocycles. The van der Waals surface area contributed by atoms with Gasteiger partial charge in [0.25, 0.3) is 0 Å². The fraction of sp³-hybridized carbons (Fsp3) is 0.211. The van der Waals surface area contributed by atoms with Crippen LogP contribution in [0.4, 0.5) is 0 Å². The molecule has 0 aliphatic carbocycles. The third-order valence-corrected chi connectivity index (χ3v) is 3.53. The van der Waals surface area contributed by atoms with Crippen molar-refractivity contribution in [1.29, 1.82) is 0 Å². The predicted molar refractivity (Wildman–Crippen MR) is 89.4 cm³/mol. The molecule has 0 aliphatic rings. The van der Waals surface area contributed by atoms with Gasteiger partial charge in [0.15, 0.2) is 0 Å². The van der Waals surface area contributed by atoms with Crippen molar-refractivity contribution in [2.45, 2.75) is 13.8 Å². The van der Waals surface area contributed by atoms with Gasteiger partial charge < -0.3 is 13.9 Å². The van der Waals surface area contributed by atoms with Crippen LogP contribution in [0.2, 0.25) is 0 Å². The number of hydrogen-bond donors (Lipinski definition) is 0. The van der Waals surface area contributed by atoms with Crippen LogP contribution >= 0.6 is 0 Å². The van der Waals surface area contributed by atoms with Gasteiger partial charge in [0, 0.05) is 17.5 Å². The minimum Gasteiger partial charge on any atom is -0.490 e. The number of aryl methyl sites for hydroxylation is 2. The van der Waals surface area contributed by atoms with E-state index in [1.54, 1.807) is 6.07 Å². The molecule has 0 N–H and O–H groups in total. The summed E-state index contributed by atoms with van der Waals surface area (Å²) in [4.78, 5) is 11.4. The Balaban J connectivity index is 1.62. The monoisotopic (exact) mass is 310 g/mol. The van der Waals surface area contributed by atoms with Gasteiger partial charge in [-0.1, -0.05) is 12.1 Å². The fourth-order valence-corrected chi connectivity index (χ4v) is 2.42. The lowest BCUT2D eigenvalue weighted by molar-refractivity contribution is 0.217. The lowest BCUT2D eigenvalue weighted by atomic mass is 10.1. The molecule has 4 heteroatoms. The van der Waals surface area contributed by atoms with Gasteiger partial charge in [0.1, 0.15) is 30.3 Å². The van der Waals surface area contributed by atoms with Crippen LogP contribution in [0, 0.1) is 13.8 Å². The van der Waals surface area contributed by atoms with Crippen molar-refractivity contribution in [1.82, 2.24) is 0 Å². The molecular formula is C19H18O4. The smallest absolute Gasteiger partial charge is 0.336 e. The van der Waals surface area contributed by atoms with Crippen molar-refractivity contribution in [3.05, 3.63) is 70.1 Å². The molecule has 0 aliphatic heterocycles. The van der Waals surface area contributed by atoms with Crippen molar-refractivity contribution in [3.63, 3.8) is 0 Å². The van der Waals surface area contributed by atoms with Crippen LogP contribution in [-0.4, -0.2) is 13.2 Å². The van der Waals surface area contributed by atoms with Crippen LogP contribution in [0.3, 0.4) is 0 Å². The van der Waals surface area contributed by atoms with E-state index in [-0.39, 0.29) is 5.63 Å². The highest BCUT2D eigenvalue weighted by molar-refractivity contribution is 5.81. The maximum atomic E-state index is 11.4. The van der Waals surface area contributed by atoms with E-state index in [1.165, 1.54) is 6.07 Å². The van der Waals surface area contributed by atoms with E-state index in [0.717, 1.165) is 22.3 Å². The van der Waals surface area contributed by atoms with Gasteiger partial charge in [-0.3, -0.25) is 0 Å². The molecule has 0 saturated heterocycles. The van der Waals surface area contributed by atoms with E-state index in [0.29, 0.717) is 24.5 Å². The predicted octanol–water partition coefficient (Wildman–Crippen LogP) is 3.87. The van der Waals surface area contributed by atoms with Crippen LogP contribution < -0.4 is 15.1 Å². The van der Waals surface area contributed by atoms with E-state index in [9.17, 15) is 4.79 Å². The molecule has 23 heavy (non-hydrogen) atoms. The molecule has 0 fully saturated rings. The summed E-state index contributed by atoms with van der Waals surface area (Å²) in [6.07, 6.45) is 0. The van der Waals surface area contributed by atoms with Crippen molar-refractivity contribution in [2.75, 3.05) is 13.2 Å². The second-order valence-electron chi connectivity index (χ2n) is 5.42. The summed E-state index contributed by atoms with van der Waals surface area (Å²) in [6.45, 7) is 4.76. The van der Waals surface area contributed by atoms with Crippen molar-refractivity contribution < 1.29 is 13.9 Å². The molecule has 0 unspecified atom stereocenters. The van der Waals surface area contributed by atoms with Crippen LogP contribution in [0.25, 0.3) is 11.0 Å². The van der Waals surface area contributed by atoms with E-state index in [4.69, 9.17) is 13.9 Å². The number of fused-ring (bicyclic) bond motifs is 1. The van der Waals surface area contributed by atoms with E-state index < -0.39 is 0 Å². The van der Waals surface area contributed by atoms with E-state index in [1.807, 2.05) is 50.2 Å². The Morgan fingerprint density at radius 3 is 2.39 bits per heavy atom. The molecule has 2 aromatic carbocycles. The maximum absolute atomic E-state index is 11.4. The zero-order chi connectivity index (χ0) is 16.2. The molecule has 0 amide bonds.